The van der Waals surface area contributed by atoms with Gasteiger partial charge in [0.05, 0.1) is 10.2 Å². The monoisotopic (exact) mass is 290 g/mol. The number of hydrogen-bond acceptors (Lipinski definition) is 5. The van der Waals surface area contributed by atoms with E-state index >= 15 is 0 Å². The molecule has 0 aliphatic carbocycles. The van der Waals surface area contributed by atoms with Crippen molar-refractivity contribution in [2.45, 2.75) is 0 Å². The Morgan fingerprint density at radius 2 is 2.05 bits per heavy atom. The molecule has 3 aromatic rings. The SMILES string of the molecule is Clc1ncnc2c(-c3ccc4c(c3)OCO4)csc12. The van der Waals surface area contributed by atoms with E-state index in [0.717, 1.165) is 32.8 Å². The molecule has 6 heteroatoms. The molecule has 3 heterocycles. The van der Waals surface area contributed by atoms with E-state index in [4.69, 9.17) is 21.1 Å². The van der Waals surface area contributed by atoms with Gasteiger partial charge in [-0.15, -0.1) is 11.3 Å². The zero-order valence-corrected chi connectivity index (χ0v) is 11.2. The summed E-state index contributed by atoms with van der Waals surface area (Å²) in [5.74, 6) is 1.54. The first-order valence-electron chi connectivity index (χ1n) is 5.60. The third-order valence-corrected chi connectivity index (χ3v) is 4.37. The van der Waals surface area contributed by atoms with Gasteiger partial charge in [0.15, 0.2) is 11.5 Å². The first-order valence-corrected chi connectivity index (χ1v) is 6.86. The third kappa shape index (κ3) is 1.66. The Bertz CT molecular complexity index is 787. The molecule has 94 valence electrons. The lowest BCUT2D eigenvalue weighted by molar-refractivity contribution is 0.174. The van der Waals surface area contributed by atoms with Gasteiger partial charge < -0.3 is 9.47 Å². The molecule has 1 aliphatic rings. The lowest BCUT2D eigenvalue weighted by atomic mass is 10.1. The van der Waals surface area contributed by atoms with Crippen molar-refractivity contribution in [2.75, 3.05) is 6.79 Å². The predicted molar refractivity (Wildman–Crippen MR) is 74.0 cm³/mol. The fourth-order valence-corrected chi connectivity index (χ4v) is 3.27. The molecule has 0 atom stereocenters. The van der Waals surface area contributed by atoms with Crippen LogP contribution in [0.5, 0.6) is 11.5 Å². The fourth-order valence-electron chi connectivity index (χ4n) is 2.09. The van der Waals surface area contributed by atoms with Crippen molar-refractivity contribution in [3.05, 3.63) is 35.1 Å². The van der Waals surface area contributed by atoms with Crippen LogP contribution in [0.1, 0.15) is 0 Å². The number of hydrogen-bond donors (Lipinski definition) is 0. The number of ether oxygens (including phenoxy) is 2. The maximum atomic E-state index is 6.07. The highest BCUT2D eigenvalue weighted by Gasteiger charge is 2.16. The molecule has 0 N–H and O–H groups in total. The lowest BCUT2D eigenvalue weighted by Gasteiger charge is -2.01. The molecular weight excluding hydrogens is 284 g/mol. The van der Waals surface area contributed by atoms with Gasteiger partial charge in [-0.3, -0.25) is 0 Å². The molecule has 0 unspecified atom stereocenters. The van der Waals surface area contributed by atoms with Crippen LogP contribution in [-0.4, -0.2) is 16.8 Å². The smallest absolute Gasteiger partial charge is 0.231 e. The molecule has 0 fully saturated rings. The first kappa shape index (κ1) is 11.0. The normalized spacial score (nSPS) is 13.1. The largest absolute Gasteiger partial charge is 0.454 e. The minimum Gasteiger partial charge on any atom is -0.454 e. The summed E-state index contributed by atoms with van der Waals surface area (Å²) in [6.07, 6.45) is 1.48. The van der Waals surface area contributed by atoms with Crippen LogP contribution < -0.4 is 9.47 Å². The summed E-state index contributed by atoms with van der Waals surface area (Å²) in [6.45, 7) is 0.275. The number of nitrogens with zero attached hydrogens (tertiary/aromatic N) is 2. The van der Waals surface area contributed by atoms with Gasteiger partial charge in [-0.25, -0.2) is 9.97 Å². The Kier molecular flexibility index (Phi) is 2.36. The van der Waals surface area contributed by atoms with Crippen molar-refractivity contribution in [1.29, 1.82) is 0 Å². The topological polar surface area (TPSA) is 44.2 Å². The first-order chi connectivity index (χ1) is 9.33. The molecule has 4 rings (SSSR count). The highest BCUT2D eigenvalue weighted by atomic mass is 35.5. The molecule has 0 bridgehead atoms. The zero-order valence-electron chi connectivity index (χ0n) is 9.59. The van der Waals surface area contributed by atoms with E-state index in [0.29, 0.717) is 5.15 Å². The van der Waals surface area contributed by atoms with E-state index in [9.17, 15) is 0 Å². The van der Waals surface area contributed by atoms with Crippen molar-refractivity contribution in [2.24, 2.45) is 0 Å². The summed E-state index contributed by atoms with van der Waals surface area (Å²) in [7, 11) is 0. The van der Waals surface area contributed by atoms with Crippen LogP contribution in [-0.2, 0) is 0 Å². The van der Waals surface area contributed by atoms with Crippen molar-refractivity contribution >= 4 is 33.2 Å². The quantitative estimate of drug-likeness (QED) is 0.640. The third-order valence-electron chi connectivity index (χ3n) is 2.99. The number of halogens is 1. The summed E-state index contributed by atoms with van der Waals surface area (Å²) >= 11 is 7.61. The molecule has 1 aromatic carbocycles. The highest BCUT2D eigenvalue weighted by molar-refractivity contribution is 7.18. The molecule has 0 saturated heterocycles. The average molecular weight is 291 g/mol. The van der Waals surface area contributed by atoms with Crippen molar-refractivity contribution in [3.8, 4) is 22.6 Å². The van der Waals surface area contributed by atoms with Gasteiger partial charge in [0.25, 0.3) is 0 Å². The highest BCUT2D eigenvalue weighted by Crippen LogP contribution is 2.40. The second kappa shape index (κ2) is 4.08. The van der Waals surface area contributed by atoms with Crippen LogP contribution in [0.25, 0.3) is 21.3 Å². The molecule has 1 aliphatic heterocycles. The Balaban J connectivity index is 1.93. The van der Waals surface area contributed by atoms with E-state index < -0.39 is 0 Å². The van der Waals surface area contributed by atoms with Crippen LogP contribution in [0.2, 0.25) is 5.15 Å². The summed E-state index contributed by atoms with van der Waals surface area (Å²) in [4.78, 5) is 8.31. The van der Waals surface area contributed by atoms with Crippen LogP contribution in [0.15, 0.2) is 29.9 Å². The summed E-state index contributed by atoms with van der Waals surface area (Å²) in [6, 6.07) is 5.86. The number of benzene rings is 1. The van der Waals surface area contributed by atoms with E-state index in [2.05, 4.69) is 9.97 Å². The standard InChI is InChI=1S/C13H7ClN2O2S/c14-13-12-11(15-5-16-13)8(4-19-12)7-1-2-9-10(3-7)18-6-17-9/h1-5H,6H2. The van der Waals surface area contributed by atoms with Crippen LogP contribution >= 0.6 is 22.9 Å². The number of rotatable bonds is 1. The van der Waals surface area contributed by atoms with Gasteiger partial charge in [0.1, 0.15) is 11.5 Å². The zero-order chi connectivity index (χ0) is 12.8. The van der Waals surface area contributed by atoms with Crippen LogP contribution in [0, 0.1) is 0 Å². The van der Waals surface area contributed by atoms with Gasteiger partial charge in [-0.2, -0.15) is 0 Å². The summed E-state index contributed by atoms with van der Waals surface area (Å²) in [5.41, 5.74) is 2.93. The molecule has 0 saturated carbocycles. The predicted octanol–water partition coefficient (Wildman–Crippen LogP) is 3.74. The van der Waals surface area contributed by atoms with E-state index in [1.54, 1.807) is 0 Å². The van der Waals surface area contributed by atoms with Gasteiger partial charge in [-0.1, -0.05) is 17.7 Å². The number of aromatic nitrogens is 2. The molecule has 2 aromatic heterocycles. The molecule has 0 amide bonds. The van der Waals surface area contributed by atoms with Gasteiger partial charge in [0.2, 0.25) is 6.79 Å². The molecule has 0 radical (unpaired) electrons. The summed E-state index contributed by atoms with van der Waals surface area (Å²) in [5, 5.41) is 2.52. The average Bonchev–Trinajstić information content (AvgIpc) is 3.04. The maximum absolute atomic E-state index is 6.07. The molecule has 19 heavy (non-hydrogen) atoms. The molecule has 0 spiro atoms. The van der Waals surface area contributed by atoms with Gasteiger partial charge in [-0.05, 0) is 17.7 Å². The van der Waals surface area contributed by atoms with Crippen molar-refractivity contribution < 1.29 is 9.47 Å². The second-order valence-corrected chi connectivity index (χ2v) is 5.30. The lowest BCUT2D eigenvalue weighted by Crippen LogP contribution is -1.92. The van der Waals surface area contributed by atoms with Gasteiger partial charge >= 0.3 is 0 Å². The Morgan fingerprint density at radius 1 is 1.16 bits per heavy atom. The van der Waals surface area contributed by atoms with Gasteiger partial charge in [0, 0.05) is 10.9 Å². The van der Waals surface area contributed by atoms with Crippen LogP contribution in [0.4, 0.5) is 0 Å². The van der Waals surface area contributed by atoms with Crippen molar-refractivity contribution in [3.63, 3.8) is 0 Å². The molecule has 4 nitrogen and oxygen atoms in total. The van der Waals surface area contributed by atoms with Crippen molar-refractivity contribution in [1.82, 2.24) is 9.97 Å². The molecular formula is C13H7ClN2O2S. The Hall–Kier alpha value is -1.85. The minimum atomic E-state index is 0.275. The maximum Gasteiger partial charge on any atom is 0.231 e. The Labute approximate surface area is 117 Å². The summed E-state index contributed by atoms with van der Waals surface area (Å²) < 4.78 is 11.6. The second-order valence-electron chi connectivity index (χ2n) is 4.06. The van der Waals surface area contributed by atoms with E-state index in [1.165, 1.54) is 17.7 Å². The fraction of sp³-hybridized carbons (Fsp3) is 0.0769. The minimum absolute atomic E-state index is 0.275. The number of fused-ring (bicyclic) bond motifs is 2. The van der Waals surface area contributed by atoms with E-state index in [-0.39, 0.29) is 6.79 Å². The van der Waals surface area contributed by atoms with Crippen LogP contribution in [0.3, 0.4) is 0 Å². The Morgan fingerprint density at radius 3 is 3.00 bits per heavy atom. The van der Waals surface area contributed by atoms with E-state index in [1.807, 2.05) is 23.6 Å². The number of thiophene rings is 1.